The number of hydrogen-bond donors (Lipinski definition) is 2. The zero-order valence-electron chi connectivity index (χ0n) is 18.0. The molecule has 2 aromatic carbocycles. The summed E-state index contributed by atoms with van der Waals surface area (Å²) in [6, 6.07) is 13.6. The Hall–Kier alpha value is -3.49. The van der Waals surface area contributed by atoms with E-state index in [1.807, 2.05) is 42.3 Å². The number of nitrogens with one attached hydrogen (secondary N) is 1. The van der Waals surface area contributed by atoms with Gasteiger partial charge in [0.25, 0.3) is 5.56 Å². The van der Waals surface area contributed by atoms with Gasteiger partial charge in [-0.25, -0.2) is 5.10 Å². The van der Waals surface area contributed by atoms with Crippen molar-refractivity contribution >= 4 is 40.6 Å². The number of hydrogen-bond acceptors (Lipinski definition) is 5. The molecule has 168 valence electrons. The maximum atomic E-state index is 13.8. The highest BCUT2D eigenvalue weighted by molar-refractivity contribution is 6.14. The number of carbonyl (C=O) groups excluding carboxylic acids is 1. The predicted octanol–water partition coefficient (Wildman–Crippen LogP) is 3.30. The Labute approximate surface area is 195 Å². The van der Waals surface area contributed by atoms with Crippen molar-refractivity contribution in [3.63, 3.8) is 0 Å². The van der Waals surface area contributed by atoms with Crippen LogP contribution in [0.5, 0.6) is 0 Å². The summed E-state index contributed by atoms with van der Waals surface area (Å²) in [4.78, 5) is 27.8. The van der Waals surface area contributed by atoms with Crippen molar-refractivity contribution in [1.82, 2.24) is 20.0 Å². The molecule has 1 spiro atoms. The van der Waals surface area contributed by atoms with Crippen LogP contribution in [-0.4, -0.2) is 25.9 Å². The minimum absolute atomic E-state index is 0. The summed E-state index contributed by atoms with van der Waals surface area (Å²) in [5, 5.41) is 12.3. The highest BCUT2D eigenvalue weighted by Crippen LogP contribution is 2.56. The van der Waals surface area contributed by atoms with Gasteiger partial charge < -0.3 is 5.73 Å². The molecule has 0 radical (unpaired) electrons. The fourth-order valence-electron chi connectivity index (χ4n) is 5.18. The molecule has 4 aromatic rings. The molecule has 33 heavy (non-hydrogen) atoms. The van der Waals surface area contributed by atoms with Crippen molar-refractivity contribution in [3.8, 4) is 11.1 Å². The van der Waals surface area contributed by atoms with Gasteiger partial charge in [0.2, 0.25) is 5.91 Å². The lowest BCUT2D eigenvalue weighted by Gasteiger charge is -2.37. The molecule has 2 aromatic heterocycles. The van der Waals surface area contributed by atoms with Crippen LogP contribution in [0.1, 0.15) is 30.5 Å². The Bertz CT molecular complexity index is 1470. The lowest BCUT2D eigenvalue weighted by molar-refractivity contribution is -0.125. The number of nitrogens with zero attached hydrogens (tertiary/aromatic N) is 4. The highest BCUT2D eigenvalue weighted by Gasteiger charge is 2.55. The summed E-state index contributed by atoms with van der Waals surface area (Å²) >= 11 is 0. The first-order chi connectivity index (χ1) is 15.5. The van der Waals surface area contributed by atoms with E-state index in [2.05, 4.69) is 21.4 Å². The summed E-state index contributed by atoms with van der Waals surface area (Å²) < 4.78 is 1.74. The topological polar surface area (TPSA) is 110 Å². The molecule has 6 rings (SSSR count). The standard InChI is InChI=1S/C24H22N6O2.ClH/c1-29-22(30-20-6-3-2-5-18(20)24(23(30)32)9-4-10-24)17(13-26-29)14-7-8-15-16(11-14)19(12-25)27-28-21(15)31;/h2-3,5-8,11,13H,4,9-10,12,25H2,1H3,(H,28,31);1H. The Morgan fingerprint density at radius 2 is 1.91 bits per heavy atom. The molecule has 1 aliphatic carbocycles. The molecular formula is C24H23ClN6O2. The van der Waals surface area contributed by atoms with E-state index in [0.717, 1.165) is 47.5 Å². The first-order valence-electron chi connectivity index (χ1n) is 10.7. The maximum absolute atomic E-state index is 13.8. The molecule has 3 N–H and O–H groups in total. The van der Waals surface area contributed by atoms with Gasteiger partial charge in [0.05, 0.1) is 28.4 Å². The molecule has 2 aliphatic rings. The van der Waals surface area contributed by atoms with Crippen LogP contribution in [0.4, 0.5) is 11.5 Å². The Balaban J connectivity index is 0.00000228. The molecule has 1 saturated carbocycles. The fourth-order valence-corrected chi connectivity index (χ4v) is 5.18. The maximum Gasteiger partial charge on any atom is 0.272 e. The summed E-state index contributed by atoms with van der Waals surface area (Å²) in [6.45, 7) is 0.205. The van der Waals surface area contributed by atoms with Gasteiger partial charge in [0.15, 0.2) is 0 Å². The zero-order valence-corrected chi connectivity index (χ0v) is 18.9. The van der Waals surface area contributed by atoms with E-state index >= 15 is 0 Å². The van der Waals surface area contributed by atoms with Crippen molar-refractivity contribution in [2.24, 2.45) is 12.8 Å². The second-order valence-electron chi connectivity index (χ2n) is 8.56. The number of aryl methyl sites for hydroxylation is 1. The van der Waals surface area contributed by atoms with Crippen LogP contribution in [0.15, 0.2) is 53.5 Å². The third-order valence-corrected chi connectivity index (χ3v) is 6.97. The third kappa shape index (κ3) is 2.81. The van der Waals surface area contributed by atoms with Crippen molar-refractivity contribution in [2.45, 2.75) is 31.2 Å². The monoisotopic (exact) mass is 462 g/mol. The zero-order chi connectivity index (χ0) is 22.0. The van der Waals surface area contributed by atoms with E-state index < -0.39 is 5.41 Å². The minimum Gasteiger partial charge on any atom is -0.325 e. The quantitative estimate of drug-likeness (QED) is 0.485. The van der Waals surface area contributed by atoms with E-state index in [0.29, 0.717) is 16.5 Å². The van der Waals surface area contributed by atoms with Crippen LogP contribution in [-0.2, 0) is 23.8 Å². The van der Waals surface area contributed by atoms with Crippen LogP contribution in [0.3, 0.4) is 0 Å². The number of para-hydroxylation sites is 1. The summed E-state index contributed by atoms with van der Waals surface area (Å²) in [6.07, 6.45) is 4.56. The van der Waals surface area contributed by atoms with E-state index in [1.165, 1.54) is 0 Å². The second kappa shape index (κ2) is 7.54. The molecule has 9 heteroatoms. The number of rotatable bonds is 3. The van der Waals surface area contributed by atoms with Crippen LogP contribution in [0.25, 0.3) is 21.9 Å². The number of anilines is 2. The molecule has 0 unspecified atom stereocenters. The van der Waals surface area contributed by atoms with Crippen molar-refractivity contribution in [1.29, 1.82) is 0 Å². The first-order valence-corrected chi connectivity index (χ1v) is 10.7. The number of nitrogens with two attached hydrogens (primary N) is 1. The van der Waals surface area contributed by atoms with Crippen molar-refractivity contribution in [2.75, 3.05) is 4.90 Å². The van der Waals surface area contributed by atoms with Gasteiger partial charge in [0, 0.05) is 24.5 Å². The normalized spacial score (nSPS) is 16.1. The van der Waals surface area contributed by atoms with Gasteiger partial charge in [-0.15, -0.1) is 12.4 Å². The Morgan fingerprint density at radius 3 is 2.64 bits per heavy atom. The molecule has 3 heterocycles. The lowest BCUT2D eigenvalue weighted by Crippen LogP contribution is -2.44. The van der Waals surface area contributed by atoms with Crippen LogP contribution >= 0.6 is 12.4 Å². The number of aromatic nitrogens is 4. The number of benzene rings is 2. The minimum atomic E-state index is -0.425. The van der Waals surface area contributed by atoms with Crippen LogP contribution in [0.2, 0.25) is 0 Å². The van der Waals surface area contributed by atoms with Gasteiger partial charge in [-0.1, -0.05) is 30.7 Å². The van der Waals surface area contributed by atoms with Gasteiger partial charge in [0.1, 0.15) is 5.82 Å². The molecule has 0 atom stereocenters. The third-order valence-electron chi connectivity index (χ3n) is 6.97. The van der Waals surface area contributed by atoms with Gasteiger partial charge in [-0.3, -0.25) is 19.2 Å². The second-order valence-corrected chi connectivity index (χ2v) is 8.56. The number of halogens is 1. The summed E-state index contributed by atoms with van der Waals surface area (Å²) in [7, 11) is 1.85. The number of carbonyl (C=O) groups is 1. The van der Waals surface area contributed by atoms with Crippen LogP contribution < -0.4 is 16.2 Å². The molecule has 0 saturated heterocycles. The molecule has 0 bridgehead atoms. The van der Waals surface area contributed by atoms with Crippen LogP contribution in [0, 0.1) is 0 Å². The van der Waals surface area contributed by atoms with E-state index in [-0.39, 0.29) is 30.4 Å². The molecule has 1 fully saturated rings. The van der Waals surface area contributed by atoms with Gasteiger partial charge >= 0.3 is 0 Å². The average Bonchev–Trinajstić information content (AvgIpc) is 3.27. The van der Waals surface area contributed by atoms with E-state index in [4.69, 9.17) is 5.73 Å². The Morgan fingerprint density at radius 1 is 1.12 bits per heavy atom. The lowest BCUT2D eigenvalue weighted by atomic mass is 9.65. The van der Waals surface area contributed by atoms with Crippen molar-refractivity contribution in [3.05, 3.63) is 70.3 Å². The summed E-state index contributed by atoms with van der Waals surface area (Å²) in [5.41, 5.74) is 9.47. The van der Waals surface area contributed by atoms with Gasteiger partial charge in [-0.2, -0.15) is 10.2 Å². The number of H-pyrrole nitrogens is 1. The van der Waals surface area contributed by atoms with Crippen molar-refractivity contribution < 1.29 is 4.79 Å². The smallest absolute Gasteiger partial charge is 0.272 e. The molecule has 1 aliphatic heterocycles. The number of fused-ring (bicyclic) bond motifs is 3. The summed E-state index contributed by atoms with van der Waals surface area (Å²) in [5.74, 6) is 0.828. The number of aromatic amines is 1. The highest BCUT2D eigenvalue weighted by atomic mass is 35.5. The Kier molecular flexibility index (Phi) is 4.88. The number of amides is 1. The fraction of sp³-hybridized carbons (Fsp3) is 0.250. The molecule has 1 amide bonds. The average molecular weight is 463 g/mol. The molecular weight excluding hydrogens is 440 g/mol. The van der Waals surface area contributed by atoms with E-state index in [9.17, 15) is 9.59 Å². The van der Waals surface area contributed by atoms with Gasteiger partial charge in [-0.05, 0) is 42.2 Å². The SMILES string of the molecule is Cl.Cn1ncc(-c2ccc3c(=O)[nH]nc(CN)c3c2)c1N1C(=O)C2(CCC2)c2ccccc21. The predicted molar refractivity (Wildman–Crippen MR) is 129 cm³/mol. The first kappa shape index (κ1) is 21.4. The largest absolute Gasteiger partial charge is 0.325 e. The molecule has 8 nitrogen and oxygen atoms in total. The van der Waals surface area contributed by atoms with E-state index in [1.54, 1.807) is 16.9 Å².